The highest BCUT2D eigenvalue weighted by Gasteiger charge is 2.30. The number of hydrogen-bond acceptors (Lipinski definition) is 2. The van der Waals surface area contributed by atoms with Crippen molar-refractivity contribution in [3.63, 3.8) is 0 Å². The van der Waals surface area contributed by atoms with E-state index in [-0.39, 0.29) is 12.5 Å². The second kappa shape index (κ2) is 6.55. The van der Waals surface area contributed by atoms with Crippen molar-refractivity contribution < 1.29 is 9.90 Å². The normalized spacial score (nSPS) is 26.7. The van der Waals surface area contributed by atoms with Crippen LogP contribution in [-0.4, -0.2) is 23.7 Å². The topological polar surface area (TPSA) is 49.3 Å². The lowest BCUT2D eigenvalue weighted by molar-refractivity contribution is -0.132. The van der Waals surface area contributed by atoms with Gasteiger partial charge in [-0.25, -0.2) is 0 Å². The van der Waals surface area contributed by atoms with Gasteiger partial charge in [-0.15, -0.1) is 0 Å². The van der Waals surface area contributed by atoms with Crippen molar-refractivity contribution in [1.82, 2.24) is 5.32 Å². The first-order valence-electron chi connectivity index (χ1n) is 7.32. The molecule has 0 aromatic heterocycles. The Bertz CT molecular complexity index is 268. The number of hydrogen-bond donors (Lipinski definition) is 2. The van der Waals surface area contributed by atoms with Gasteiger partial charge < -0.3 is 10.4 Å². The van der Waals surface area contributed by atoms with Crippen molar-refractivity contribution in [2.75, 3.05) is 6.61 Å². The Labute approximate surface area is 111 Å². The summed E-state index contributed by atoms with van der Waals surface area (Å²) in [6.45, 7) is 8.06. The summed E-state index contributed by atoms with van der Waals surface area (Å²) in [6.07, 6.45) is 5.86. The summed E-state index contributed by atoms with van der Waals surface area (Å²) in [5, 5.41) is 12.3. The number of carbonyl (C=O) groups excluding carboxylic acids is 1. The molecule has 2 N–H and O–H groups in total. The van der Waals surface area contributed by atoms with Gasteiger partial charge in [0.05, 0.1) is 12.0 Å². The molecule has 1 atom stereocenters. The molecule has 0 bridgehead atoms. The van der Waals surface area contributed by atoms with Gasteiger partial charge in [0.1, 0.15) is 0 Å². The molecule has 0 heterocycles. The van der Waals surface area contributed by atoms with Gasteiger partial charge in [0.25, 0.3) is 0 Å². The highest BCUT2D eigenvalue weighted by atomic mass is 16.3. The van der Waals surface area contributed by atoms with E-state index in [4.69, 9.17) is 0 Å². The van der Waals surface area contributed by atoms with Crippen LogP contribution in [0.5, 0.6) is 0 Å². The van der Waals surface area contributed by atoms with Crippen molar-refractivity contribution in [2.45, 2.75) is 65.8 Å². The fraction of sp³-hybridized carbons (Fsp3) is 0.933. The van der Waals surface area contributed by atoms with Crippen molar-refractivity contribution in [3.05, 3.63) is 0 Å². The van der Waals surface area contributed by atoms with Gasteiger partial charge in [-0.3, -0.25) is 4.79 Å². The van der Waals surface area contributed by atoms with E-state index in [1.54, 1.807) is 13.8 Å². The van der Waals surface area contributed by atoms with Gasteiger partial charge in [-0.05, 0) is 51.4 Å². The van der Waals surface area contributed by atoms with E-state index in [2.05, 4.69) is 19.2 Å². The van der Waals surface area contributed by atoms with Gasteiger partial charge in [0, 0.05) is 6.04 Å². The van der Waals surface area contributed by atoms with E-state index < -0.39 is 5.41 Å². The van der Waals surface area contributed by atoms with Crippen LogP contribution < -0.4 is 5.32 Å². The average Bonchev–Trinajstić information content (AvgIpc) is 2.38. The van der Waals surface area contributed by atoms with Crippen LogP contribution in [0.15, 0.2) is 0 Å². The highest BCUT2D eigenvalue weighted by Crippen LogP contribution is 2.32. The van der Waals surface area contributed by atoms with Crippen LogP contribution in [0.4, 0.5) is 0 Å². The molecule has 3 heteroatoms. The Kier molecular flexibility index (Phi) is 5.64. The molecule has 0 radical (unpaired) electrons. The molecular formula is C15H29NO2. The lowest BCUT2D eigenvalue weighted by atomic mass is 9.78. The van der Waals surface area contributed by atoms with Gasteiger partial charge in [0.2, 0.25) is 5.91 Å². The Hall–Kier alpha value is -0.570. The first-order valence-corrected chi connectivity index (χ1v) is 7.32. The zero-order chi connectivity index (χ0) is 13.8. The third-order valence-corrected chi connectivity index (χ3v) is 4.57. The lowest BCUT2D eigenvalue weighted by Crippen LogP contribution is -2.46. The standard InChI is InChI=1S/C15H29NO2/c1-5-11(2)12-6-8-13(9-7-12)16-14(18)15(3,4)10-17/h11-13,17H,5-10H2,1-4H3,(H,16,18). The lowest BCUT2D eigenvalue weighted by Gasteiger charge is -2.34. The summed E-state index contributed by atoms with van der Waals surface area (Å²) in [5.74, 6) is 1.61. The summed E-state index contributed by atoms with van der Waals surface area (Å²) < 4.78 is 0. The van der Waals surface area contributed by atoms with E-state index in [0.717, 1.165) is 24.7 Å². The molecule has 0 aromatic carbocycles. The van der Waals surface area contributed by atoms with E-state index >= 15 is 0 Å². The van der Waals surface area contributed by atoms with Gasteiger partial charge in [-0.2, -0.15) is 0 Å². The Morgan fingerprint density at radius 1 is 1.33 bits per heavy atom. The predicted octanol–water partition coefficient (Wildman–Crippen LogP) is 2.73. The monoisotopic (exact) mass is 255 g/mol. The van der Waals surface area contributed by atoms with E-state index in [1.807, 2.05) is 0 Å². The third-order valence-electron chi connectivity index (χ3n) is 4.57. The second-order valence-electron chi connectivity index (χ2n) is 6.51. The first kappa shape index (κ1) is 15.5. The summed E-state index contributed by atoms with van der Waals surface area (Å²) in [6, 6.07) is 0.309. The minimum atomic E-state index is -0.659. The van der Waals surface area contributed by atoms with Gasteiger partial charge >= 0.3 is 0 Å². The van der Waals surface area contributed by atoms with Gasteiger partial charge in [-0.1, -0.05) is 20.3 Å². The Balaban J connectivity index is 2.38. The molecule has 1 saturated carbocycles. The van der Waals surface area contributed by atoms with Crippen LogP contribution in [0.1, 0.15) is 59.8 Å². The minimum Gasteiger partial charge on any atom is -0.395 e. The molecule has 0 saturated heterocycles. The summed E-state index contributed by atoms with van der Waals surface area (Å²) >= 11 is 0. The molecule has 0 aliphatic heterocycles. The van der Waals surface area contributed by atoms with Crippen molar-refractivity contribution in [1.29, 1.82) is 0 Å². The van der Waals surface area contributed by atoms with E-state index in [1.165, 1.54) is 19.3 Å². The highest BCUT2D eigenvalue weighted by molar-refractivity contribution is 5.82. The third kappa shape index (κ3) is 3.98. The Morgan fingerprint density at radius 2 is 1.89 bits per heavy atom. The number of aliphatic hydroxyl groups excluding tert-OH is 1. The molecule has 1 aliphatic carbocycles. The predicted molar refractivity (Wildman–Crippen MR) is 74.2 cm³/mol. The van der Waals surface area contributed by atoms with Crippen molar-refractivity contribution >= 4 is 5.91 Å². The molecule has 1 aliphatic rings. The van der Waals surface area contributed by atoms with Crippen LogP contribution in [-0.2, 0) is 4.79 Å². The van der Waals surface area contributed by atoms with Crippen molar-refractivity contribution in [2.24, 2.45) is 17.3 Å². The fourth-order valence-corrected chi connectivity index (χ4v) is 2.62. The molecule has 3 nitrogen and oxygen atoms in total. The Morgan fingerprint density at radius 3 is 2.33 bits per heavy atom. The maximum absolute atomic E-state index is 12.0. The van der Waals surface area contributed by atoms with E-state index in [0.29, 0.717) is 6.04 Å². The molecule has 0 spiro atoms. The maximum atomic E-state index is 12.0. The van der Waals surface area contributed by atoms with Crippen LogP contribution >= 0.6 is 0 Å². The molecule has 1 fully saturated rings. The number of rotatable bonds is 5. The average molecular weight is 255 g/mol. The number of carbonyl (C=O) groups is 1. The quantitative estimate of drug-likeness (QED) is 0.793. The molecule has 0 aromatic rings. The molecular weight excluding hydrogens is 226 g/mol. The van der Waals surface area contributed by atoms with Crippen LogP contribution in [0.25, 0.3) is 0 Å². The van der Waals surface area contributed by atoms with Crippen LogP contribution in [0.3, 0.4) is 0 Å². The second-order valence-corrected chi connectivity index (χ2v) is 6.51. The number of amides is 1. The van der Waals surface area contributed by atoms with Crippen LogP contribution in [0.2, 0.25) is 0 Å². The largest absolute Gasteiger partial charge is 0.395 e. The fourth-order valence-electron chi connectivity index (χ4n) is 2.62. The molecule has 1 unspecified atom stereocenters. The zero-order valence-electron chi connectivity index (χ0n) is 12.3. The molecule has 1 rings (SSSR count). The van der Waals surface area contributed by atoms with Crippen molar-refractivity contribution in [3.8, 4) is 0 Å². The maximum Gasteiger partial charge on any atom is 0.228 e. The van der Waals surface area contributed by atoms with Gasteiger partial charge in [0.15, 0.2) is 0 Å². The summed E-state index contributed by atoms with van der Waals surface area (Å²) in [7, 11) is 0. The summed E-state index contributed by atoms with van der Waals surface area (Å²) in [4.78, 5) is 12.0. The first-order chi connectivity index (χ1) is 8.40. The smallest absolute Gasteiger partial charge is 0.228 e. The number of nitrogens with one attached hydrogen (secondary N) is 1. The molecule has 1 amide bonds. The van der Waals surface area contributed by atoms with E-state index in [9.17, 15) is 9.90 Å². The number of aliphatic hydroxyl groups is 1. The molecule has 18 heavy (non-hydrogen) atoms. The molecule has 106 valence electrons. The zero-order valence-corrected chi connectivity index (χ0v) is 12.3. The summed E-state index contributed by atoms with van der Waals surface area (Å²) in [5.41, 5.74) is -0.659. The minimum absolute atomic E-state index is 0.0167. The SMILES string of the molecule is CCC(C)C1CCC(NC(=O)C(C)(C)CO)CC1. The van der Waals surface area contributed by atoms with Crippen LogP contribution in [0, 0.1) is 17.3 Å².